The Morgan fingerprint density at radius 3 is 3.10 bits per heavy atom. The minimum atomic E-state index is 0.0164. The molecule has 0 aliphatic heterocycles. The molecule has 0 spiro atoms. The van der Waals surface area contributed by atoms with E-state index in [1.807, 2.05) is 18.2 Å². The molecular formula is C15H20N4O2. The van der Waals surface area contributed by atoms with Gasteiger partial charge in [-0.25, -0.2) is 0 Å². The first-order chi connectivity index (χ1) is 10.2. The van der Waals surface area contributed by atoms with Crippen LogP contribution in [0.15, 0.2) is 46.3 Å². The molecule has 6 nitrogen and oxygen atoms in total. The Morgan fingerprint density at radius 1 is 1.52 bits per heavy atom. The Balaban J connectivity index is 1.82. The number of hydrogen-bond donors (Lipinski definition) is 3. The predicted octanol–water partition coefficient (Wildman–Crippen LogP) is 1.88. The van der Waals surface area contributed by atoms with Crippen molar-refractivity contribution in [3.8, 4) is 0 Å². The van der Waals surface area contributed by atoms with Crippen LogP contribution >= 0.6 is 0 Å². The van der Waals surface area contributed by atoms with E-state index in [9.17, 15) is 0 Å². The van der Waals surface area contributed by atoms with Gasteiger partial charge in [0.25, 0.3) is 0 Å². The fraction of sp³-hybridized carbons (Fsp3) is 0.333. The third-order valence-electron chi connectivity index (χ3n) is 3.25. The normalized spacial score (nSPS) is 13.3. The second kappa shape index (κ2) is 7.44. The van der Waals surface area contributed by atoms with Crippen molar-refractivity contribution in [3.05, 3.63) is 53.7 Å². The number of pyridine rings is 1. The van der Waals surface area contributed by atoms with E-state index in [2.05, 4.69) is 22.4 Å². The summed E-state index contributed by atoms with van der Waals surface area (Å²) < 4.78 is 5.31. The SMILES string of the molecule is CC(CCc1ccco1)NCc1ccnc(C(N)=NO)c1. The van der Waals surface area contributed by atoms with Gasteiger partial charge in [-0.1, -0.05) is 5.16 Å². The number of nitrogens with one attached hydrogen (secondary N) is 1. The van der Waals surface area contributed by atoms with Crippen LogP contribution in [-0.2, 0) is 13.0 Å². The molecule has 4 N–H and O–H groups in total. The Bertz CT molecular complexity index is 581. The van der Waals surface area contributed by atoms with E-state index >= 15 is 0 Å². The van der Waals surface area contributed by atoms with E-state index in [1.54, 1.807) is 18.5 Å². The molecular weight excluding hydrogens is 268 g/mol. The van der Waals surface area contributed by atoms with E-state index < -0.39 is 0 Å². The zero-order chi connectivity index (χ0) is 15.1. The molecule has 112 valence electrons. The second-order valence-corrected chi connectivity index (χ2v) is 4.93. The van der Waals surface area contributed by atoms with Crippen molar-refractivity contribution in [2.45, 2.75) is 32.4 Å². The minimum Gasteiger partial charge on any atom is -0.469 e. The van der Waals surface area contributed by atoms with Crippen LogP contribution in [-0.4, -0.2) is 22.1 Å². The molecule has 2 rings (SSSR count). The standard InChI is InChI=1S/C15H20N4O2/c1-11(4-5-13-3-2-8-21-13)18-10-12-6-7-17-14(9-12)15(16)19-20/h2-3,6-9,11,18,20H,4-5,10H2,1H3,(H2,16,19). The van der Waals surface area contributed by atoms with Gasteiger partial charge in [-0.3, -0.25) is 4.98 Å². The van der Waals surface area contributed by atoms with Gasteiger partial charge in [-0.2, -0.15) is 0 Å². The number of amidine groups is 1. The van der Waals surface area contributed by atoms with Gasteiger partial charge in [0.15, 0.2) is 5.84 Å². The number of nitrogens with zero attached hydrogens (tertiary/aromatic N) is 2. The summed E-state index contributed by atoms with van der Waals surface area (Å²) in [6, 6.07) is 7.95. The molecule has 2 heterocycles. The largest absolute Gasteiger partial charge is 0.469 e. The average Bonchev–Trinajstić information content (AvgIpc) is 3.04. The Morgan fingerprint density at radius 2 is 2.38 bits per heavy atom. The summed E-state index contributed by atoms with van der Waals surface area (Å²) in [5, 5.41) is 15.0. The van der Waals surface area contributed by atoms with Gasteiger partial charge >= 0.3 is 0 Å². The van der Waals surface area contributed by atoms with Gasteiger partial charge < -0.3 is 20.7 Å². The second-order valence-electron chi connectivity index (χ2n) is 4.93. The van der Waals surface area contributed by atoms with Crippen molar-refractivity contribution in [1.29, 1.82) is 0 Å². The van der Waals surface area contributed by atoms with Crippen molar-refractivity contribution >= 4 is 5.84 Å². The van der Waals surface area contributed by atoms with Gasteiger partial charge in [-0.15, -0.1) is 0 Å². The van der Waals surface area contributed by atoms with Gasteiger partial charge in [0, 0.05) is 25.2 Å². The van der Waals surface area contributed by atoms with E-state index in [1.165, 1.54) is 0 Å². The lowest BCUT2D eigenvalue weighted by Gasteiger charge is -2.13. The molecule has 21 heavy (non-hydrogen) atoms. The fourth-order valence-electron chi connectivity index (χ4n) is 1.98. The number of nitrogens with two attached hydrogens (primary N) is 1. The lowest BCUT2D eigenvalue weighted by atomic mass is 10.1. The molecule has 1 atom stereocenters. The maximum absolute atomic E-state index is 8.66. The smallest absolute Gasteiger partial charge is 0.188 e. The third kappa shape index (κ3) is 4.61. The summed E-state index contributed by atoms with van der Waals surface area (Å²) >= 11 is 0. The van der Waals surface area contributed by atoms with Crippen LogP contribution in [0.1, 0.15) is 30.4 Å². The first-order valence-electron chi connectivity index (χ1n) is 6.87. The van der Waals surface area contributed by atoms with Crippen molar-refractivity contribution in [2.24, 2.45) is 10.9 Å². The van der Waals surface area contributed by atoms with Crippen molar-refractivity contribution in [1.82, 2.24) is 10.3 Å². The molecule has 0 amide bonds. The van der Waals surface area contributed by atoms with Crippen molar-refractivity contribution < 1.29 is 9.62 Å². The quantitative estimate of drug-likeness (QED) is 0.313. The monoisotopic (exact) mass is 288 g/mol. The molecule has 0 aliphatic carbocycles. The first kappa shape index (κ1) is 15.1. The number of rotatable bonds is 7. The maximum atomic E-state index is 8.66. The summed E-state index contributed by atoms with van der Waals surface area (Å²) in [5.74, 6) is 1.02. The third-order valence-corrected chi connectivity index (χ3v) is 3.25. The molecule has 0 bridgehead atoms. The minimum absolute atomic E-state index is 0.0164. The maximum Gasteiger partial charge on any atom is 0.188 e. The highest BCUT2D eigenvalue weighted by Gasteiger charge is 2.06. The van der Waals surface area contributed by atoms with Gasteiger partial charge in [0.05, 0.1) is 6.26 Å². The molecule has 2 aromatic rings. The summed E-state index contributed by atoms with van der Waals surface area (Å²) in [5.41, 5.74) is 7.04. The van der Waals surface area contributed by atoms with Crippen LogP contribution in [0.25, 0.3) is 0 Å². The van der Waals surface area contributed by atoms with Crippen LogP contribution in [0.2, 0.25) is 0 Å². The molecule has 1 unspecified atom stereocenters. The van der Waals surface area contributed by atoms with Crippen molar-refractivity contribution in [3.63, 3.8) is 0 Å². The zero-order valence-corrected chi connectivity index (χ0v) is 12.0. The highest BCUT2D eigenvalue weighted by Crippen LogP contribution is 2.07. The summed E-state index contributed by atoms with van der Waals surface area (Å²) in [6.45, 7) is 2.84. The van der Waals surface area contributed by atoms with Crippen LogP contribution in [0.5, 0.6) is 0 Å². The van der Waals surface area contributed by atoms with E-state index in [0.717, 1.165) is 24.2 Å². The Labute approximate surface area is 123 Å². The Hall–Kier alpha value is -2.34. The number of hydrogen-bond acceptors (Lipinski definition) is 5. The van der Waals surface area contributed by atoms with E-state index in [0.29, 0.717) is 18.3 Å². The number of aromatic nitrogens is 1. The molecule has 0 aliphatic rings. The molecule has 0 saturated carbocycles. The molecule has 6 heteroatoms. The molecule has 0 fully saturated rings. The fourth-order valence-corrected chi connectivity index (χ4v) is 1.98. The average molecular weight is 288 g/mol. The van der Waals surface area contributed by atoms with Crippen LogP contribution < -0.4 is 11.1 Å². The molecule has 0 aromatic carbocycles. The lowest BCUT2D eigenvalue weighted by molar-refractivity contribution is 0.318. The van der Waals surface area contributed by atoms with Crippen LogP contribution in [0.4, 0.5) is 0 Å². The van der Waals surface area contributed by atoms with Gasteiger partial charge in [0.2, 0.25) is 0 Å². The summed E-state index contributed by atoms with van der Waals surface area (Å²) in [4.78, 5) is 4.05. The molecule has 0 saturated heterocycles. The summed E-state index contributed by atoms with van der Waals surface area (Å²) in [6.07, 6.45) is 5.25. The van der Waals surface area contributed by atoms with Crippen LogP contribution in [0, 0.1) is 0 Å². The number of furan rings is 1. The Kier molecular flexibility index (Phi) is 5.34. The highest BCUT2D eigenvalue weighted by atomic mass is 16.4. The predicted molar refractivity (Wildman–Crippen MR) is 80.1 cm³/mol. The number of oxime groups is 1. The molecule has 0 radical (unpaired) electrons. The summed E-state index contributed by atoms with van der Waals surface area (Å²) in [7, 11) is 0. The van der Waals surface area contributed by atoms with Gasteiger partial charge in [0.1, 0.15) is 11.5 Å². The topological polar surface area (TPSA) is 96.7 Å². The molecule has 2 aromatic heterocycles. The first-order valence-corrected chi connectivity index (χ1v) is 6.87. The zero-order valence-electron chi connectivity index (χ0n) is 12.0. The lowest BCUT2D eigenvalue weighted by Crippen LogP contribution is -2.26. The van der Waals surface area contributed by atoms with Crippen molar-refractivity contribution in [2.75, 3.05) is 0 Å². The highest BCUT2D eigenvalue weighted by molar-refractivity contribution is 5.95. The van der Waals surface area contributed by atoms with Gasteiger partial charge in [-0.05, 0) is 43.2 Å². The van der Waals surface area contributed by atoms with E-state index in [4.69, 9.17) is 15.4 Å². The van der Waals surface area contributed by atoms with Crippen LogP contribution in [0.3, 0.4) is 0 Å². The number of aryl methyl sites for hydroxylation is 1. The van der Waals surface area contributed by atoms with E-state index in [-0.39, 0.29) is 5.84 Å².